The van der Waals surface area contributed by atoms with E-state index in [2.05, 4.69) is 46.8 Å². The van der Waals surface area contributed by atoms with E-state index in [9.17, 15) is 0 Å². The van der Waals surface area contributed by atoms with E-state index >= 15 is 0 Å². The summed E-state index contributed by atoms with van der Waals surface area (Å²) >= 11 is 3.37. The Morgan fingerprint density at radius 2 is 0.692 bits per heavy atom. The summed E-state index contributed by atoms with van der Waals surface area (Å²) in [7, 11) is 0. The van der Waals surface area contributed by atoms with Crippen molar-refractivity contribution in [3.63, 3.8) is 0 Å². The van der Waals surface area contributed by atoms with Crippen LogP contribution in [0.3, 0.4) is 0 Å². The number of nitrogens with one attached hydrogen (secondary N) is 2. The minimum atomic E-state index is 0.597. The number of nitrogens with zero attached hydrogens (tertiary/aromatic N) is 7. The molecule has 0 radical (unpaired) electrons. The van der Waals surface area contributed by atoms with Crippen molar-refractivity contribution in [3.8, 4) is 45.6 Å². The molecule has 0 saturated carbocycles. The molecule has 246 valence electrons. The molecule has 2 aliphatic heterocycles. The van der Waals surface area contributed by atoms with Crippen molar-refractivity contribution in [2.45, 2.75) is 0 Å². The van der Waals surface area contributed by atoms with Gasteiger partial charge >= 0.3 is 34.7 Å². The molecule has 0 saturated heterocycles. The van der Waals surface area contributed by atoms with Crippen LogP contribution in [0.4, 0.5) is 0 Å². The summed E-state index contributed by atoms with van der Waals surface area (Å²) in [5.41, 5.74) is 7.51. The third-order valence-corrected chi connectivity index (χ3v) is 8.97. The summed E-state index contributed by atoms with van der Waals surface area (Å²) < 4.78 is 0. The number of aromatic amines is 2. The maximum Gasteiger partial charge on any atom is 0.164 e. The van der Waals surface area contributed by atoms with Crippen molar-refractivity contribution < 1.29 is 0 Å². The molecule has 11 rings (SSSR count). The summed E-state index contributed by atoms with van der Waals surface area (Å²) in [6, 6.07) is 44.3. The van der Waals surface area contributed by atoms with E-state index in [1.165, 1.54) is 5.39 Å². The number of rotatable bonds is 0. The van der Waals surface area contributed by atoms with Gasteiger partial charge in [-0.05, 0) is 12.1 Å². The average molecular weight is 842 g/mol. The number of pyridine rings is 1. The van der Waals surface area contributed by atoms with Crippen molar-refractivity contribution >= 4 is 89.8 Å². The molecule has 2 aliphatic rings. The van der Waals surface area contributed by atoms with E-state index in [1.807, 2.05) is 128 Å². The van der Waals surface area contributed by atoms with Gasteiger partial charge in [0.1, 0.15) is 22.6 Å². The van der Waals surface area contributed by atoms with Crippen LogP contribution in [-0.4, -0.2) is 59.9 Å². The molecule has 8 bridgehead atoms. The summed E-state index contributed by atoms with van der Waals surface area (Å²) in [4.78, 5) is 41.0. The van der Waals surface area contributed by atoms with Crippen LogP contribution in [0.5, 0.6) is 0 Å². The van der Waals surface area contributed by atoms with Gasteiger partial charge in [0.25, 0.3) is 0 Å². The minimum Gasteiger partial charge on any atom is -0.324 e. The van der Waals surface area contributed by atoms with Gasteiger partial charge in [-0.25, -0.2) is 29.9 Å². The van der Waals surface area contributed by atoms with Crippen LogP contribution in [0.2, 0.25) is 0 Å². The predicted octanol–water partition coefficient (Wildman–Crippen LogP) is 9.07. The quantitative estimate of drug-likeness (QED) is 0.115. The molecular formula is C41H27GaIN9. The number of para-hydroxylation sites is 1. The van der Waals surface area contributed by atoms with Crippen molar-refractivity contribution in [1.29, 1.82) is 0 Å². The standard InChI is InChI=1S/C32H18N8.C9H7N.Ga.HI.2H/c1-2-10-18-17(9-1)25-33-26(18)38-28-21-13-5-6-14-22(21)30(35-28)40-32-24-16-8-7-15-23(24)31(36-32)39-29-20-12-4-3-11-19(20)27(34-29)37-25;1-2-6-9-8(4-1)5-3-7-10-9;;;;/h1-16H,(H2,33,34,35,36,37,38,39,40);1-7H;;1H;;/q;;+1;;;/p-1. The number of benzene rings is 5. The fourth-order valence-electron chi connectivity index (χ4n) is 6.61. The zero-order valence-corrected chi connectivity index (χ0v) is 34.1. The second-order valence-electron chi connectivity index (χ2n) is 12.0. The number of aromatic nitrogens is 9. The number of halogens is 1. The molecule has 0 atom stereocenters. The Bertz CT molecular complexity index is 2590. The minimum absolute atomic E-state index is 0.597. The van der Waals surface area contributed by atoms with Crippen molar-refractivity contribution in [3.05, 3.63) is 140 Å². The van der Waals surface area contributed by atoms with Gasteiger partial charge in [0.15, 0.2) is 23.3 Å². The van der Waals surface area contributed by atoms with Crippen LogP contribution < -0.4 is 0 Å². The maximum absolute atomic E-state index is 5.02. The average Bonchev–Trinajstić information content (AvgIpc) is 3.95. The normalized spacial score (nSPS) is 11.2. The second-order valence-corrected chi connectivity index (χ2v) is 12.0. The first kappa shape index (κ1) is 32.2. The fraction of sp³-hybridized carbons (Fsp3) is 0. The Hall–Kier alpha value is -5.76. The molecule has 5 aromatic carbocycles. The summed E-state index contributed by atoms with van der Waals surface area (Å²) in [6.07, 6.45) is 1.81. The van der Waals surface area contributed by atoms with Crippen LogP contribution in [-0.2, 0) is 0 Å². The largest absolute Gasteiger partial charge is 0.324 e. The van der Waals surface area contributed by atoms with Crippen LogP contribution in [0, 0.1) is 0 Å². The van der Waals surface area contributed by atoms with E-state index in [-0.39, 0.29) is 0 Å². The summed E-state index contributed by atoms with van der Waals surface area (Å²) in [6.45, 7) is 0. The molecule has 2 N–H and O–H groups in total. The van der Waals surface area contributed by atoms with E-state index in [1.54, 1.807) is 0 Å². The monoisotopic (exact) mass is 841 g/mol. The van der Waals surface area contributed by atoms with Gasteiger partial charge in [-0.3, -0.25) is 4.98 Å². The van der Waals surface area contributed by atoms with E-state index in [0.29, 0.717) is 45.9 Å². The van der Waals surface area contributed by atoms with Gasteiger partial charge in [-0.2, -0.15) is 0 Å². The first-order valence-corrected chi connectivity index (χ1v) is 29.4. The molecule has 9 aromatic rings. The second kappa shape index (κ2) is 13.8. The molecule has 6 heterocycles. The Kier molecular flexibility index (Phi) is 8.51. The Morgan fingerprint density at radius 3 is 1.08 bits per heavy atom. The molecule has 9 nitrogen and oxygen atoms in total. The number of hydrogen-bond acceptors (Lipinski definition) is 7. The molecular weight excluding hydrogens is 815 g/mol. The van der Waals surface area contributed by atoms with Crippen LogP contribution in [0.1, 0.15) is 0 Å². The molecule has 0 unspecified atom stereocenters. The summed E-state index contributed by atoms with van der Waals surface area (Å²) in [5, 5.41) is 5.02. The third kappa shape index (κ3) is 5.72. The molecule has 52 heavy (non-hydrogen) atoms. The SMILES string of the molecule is [GaH2][I].c1ccc2c(c1)-c1nc-2nc2[nH]c(nc3nc(nc4[nH]c(n1)c1ccccc41)-c1ccccc1-3)c1ccccc21.c1ccc2ncccc2c1. The van der Waals surface area contributed by atoms with E-state index in [4.69, 9.17) is 29.9 Å². The number of fused-ring (bicyclic) bond motifs is 21. The molecule has 0 amide bonds. The molecule has 0 aliphatic carbocycles. The van der Waals surface area contributed by atoms with Crippen molar-refractivity contribution in [1.82, 2.24) is 44.9 Å². The Balaban J connectivity index is 0.000000257. The van der Waals surface area contributed by atoms with E-state index in [0.717, 1.165) is 64.4 Å². The van der Waals surface area contributed by atoms with Gasteiger partial charge in [0.2, 0.25) is 0 Å². The third-order valence-electron chi connectivity index (χ3n) is 8.97. The fourth-order valence-corrected chi connectivity index (χ4v) is 6.61. The number of hydrogen-bond donors (Lipinski definition) is 2. The van der Waals surface area contributed by atoms with Gasteiger partial charge in [0, 0.05) is 55.4 Å². The van der Waals surface area contributed by atoms with Gasteiger partial charge < -0.3 is 9.97 Å². The first-order chi connectivity index (χ1) is 25.8. The van der Waals surface area contributed by atoms with Crippen molar-refractivity contribution in [2.75, 3.05) is 0 Å². The first-order valence-electron chi connectivity index (χ1n) is 16.6. The maximum atomic E-state index is 5.02. The zero-order chi connectivity index (χ0) is 35.0. The summed E-state index contributed by atoms with van der Waals surface area (Å²) in [5.74, 6) is 2.39. The van der Waals surface area contributed by atoms with Crippen LogP contribution in [0.25, 0.3) is 101 Å². The van der Waals surface area contributed by atoms with Gasteiger partial charge in [-0.15, -0.1) is 0 Å². The predicted molar refractivity (Wildman–Crippen MR) is 220 cm³/mol. The molecule has 0 fully saturated rings. The van der Waals surface area contributed by atoms with Crippen LogP contribution in [0.15, 0.2) is 140 Å². The van der Waals surface area contributed by atoms with Gasteiger partial charge in [0.05, 0.1) is 5.52 Å². The van der Waals surface area contributed by atoms with Crippen molar-refractivity contribution in [2.24, 2.45) is 0 Å². The van der Waals surface area contributed by atoms with Gasteiger partial charge in [-0.1, -0.05) is 121 Å². The molecule has 0 spiro atoms. The molecule has 11 heteroatoms. The smallest absolute Gasteiger partial charge is 0.164 e. The topological polar surface area (TPSA) is 122 Å². The zero-order valence-electron chi connectivity index (χ0n) is 27.8. The number of H-pyrrole nitrogens is 2. The Morgan fingerprint density at radius 1 is 0.365 bits per heavy atom. The van der Waals surface area contributed by atoms with E-state index < -0.39 is 0 Å². The molecule has 4 aromatic heterocycles. The Labute approximate surface area is 317 Å². The van der Waals surface area contributed by atoms with Crippen LogP contribution >= 0.6 is 19.7 Å².